The van der Waals surface area contributed by atoms with Crippen LogP contribution in [0, 0.1) is 6.92 Å². The van der Waals surface area contributed by atoms with Gasteiger partial charge < -0.3 is 19.7 Å². The molecule has 0 radical (unpaired) electrons. The number of aryl methyl sites for hydroxylation is 1. The SMILES string of the molecule is Cc1cc(O)cc(C(=O)OC2Cc3ccccc3CC2OC(=O)c2cc(O)cc(Br)c2)c1. The minimum Gasteiger partial charge on any atom is -0.508 e. The minimum absolute atomic E-state index is 0.0246. The van der Waals surface area contributed by atoms with Gasteiger partial charge in [0.15, 0.2) is 0 Å². The molecule has 1 aliphatic carbocycles. The van der Waals surface area contributed by atoms with Crippen LogP contribution in [0.1, 0.15) is 37.4 Å². The average molecular weight is 497 g/mol. The van der Waals surface area contributed by atoms with Gasteiger partial charge in [0, 0.05) is 17.3 Å². The van der Waals surface area contributed by atoms with E-state index in [2.05, 4.69) is 15.9 Å². The first-order valence-electron chi connectivity index (χ1n) is 10.1. The van der Waals surface area contributed by atoms with Gasteiger partial charge in [0.2, 0.25) is 0 Å². The van der Waals surface area contributed by atoms with Gasteiger partial charge in [-0.2, -0.15) is 0 Å². The summed E-state index contributed by atoms with van der Waals surface area (Å²) < 4.78 is 12.0. The molecule has 164 valence electrons. The molecule has 0 aliphatic heterocycles. The number of phenols is 2. The lowest BCUT2D eigenvalue weighted by atomic mass is 9.87. The first-order valence-corrected chi connectivity index (χ1v) is 10.9. The van der Waals surface area contributed by atoms with Crippen molar-refractivity contribution in [1.82, 2.24) is 0 Å². The molecule has 2 atom stereocenters. The number of aromatic hydroxyl groups is 2. The number of benzene rings is 3. The molecule has 4 rings (SSSR count). The van der Waals surface area contributed by atoms with Gasteiger partial charge >= 0.3 is 11.9 Å². The Morgan fingerprint density at radius 3 is 1.81 bits per heavy atom. The van der Waals surface area contributed by atoms with Gasteiger partial charge in [-0.05, 0) is 60.0 Å². The molecule has 2 unspecified atom stereocenters. The molecule has 3 aromatic rings. The molecule has 0 aromatic heterocycles. The molecular weight excluding hydrogens is 476 g/mol. The van der Waals surface area contributed by atoms with Crippen LogP contribution in [0.25, 0.3) is 0 Å². The first kappa shape index (κ1) is 21.9. The molecule has 0 bridgehead atoms. The summed E-state index contributed by atoms with van der Waals surface area (Å²) in [6, 6.07) is 16.6. The molecular formula is C25H21BrO6. The van der Waals surface area contributed by atoms with Crippen LogP contribution < -0.4 is 0 Å². The summed E-state index contributed by atoms with van der Waals surface area (Å²) in [4.78, 5) is 25.6. The molecule has 0 fully saturated rings. The summed E-state index contributed by atoms with van der Waals surface area (Å²) in [5, 5.41) is 19.6. The molecule has 0 saturated heterocycles. The highest BCUT2D eigenvalue weighted by Gasteiger charge is 2.35. The van der Waals surface area contributed by atoms with Crippen molar-refractivity contribution in [3.8, 4) is 11.5 Å². The number of rotatable bonds is 4. The normalized spacial score (nSPS) is 17.3. The smallest absolute Gasteiger partial charge is 0.338 e. The van der Waals surface area contributed by atoms with E-state index in [0.717, 1.165) is 16.7 Å². The van der Waals surface area contributed by atoms with Gasteiger partial charge in [0.1, 0.15) is 23.7 Å². The van der Waals surface area contributed by atoms with E-state index in [9.17, 15) is 19.8 Å². The fourth-order valence-corrected chi connectivity index (χ4v) is 4.35. The summed E-state index contributed by atoms with van der Waals surface area (Å²) >= 11 is 3.25. The molecule has 3 aromatic carbocycles. The van der Waals surface area contributed by atoms with Gasteiger partial charge in [-0.25, -0.2) is 9.59 Å². The van der Waals surface area contributed by atoms with Crippen LogP contribution in [-0.4, -0.2) is 34.4 Å². The van der Waals surface area contributed by atoms with Crippen LogP contribution in [-0.2, 0) is 22.3 Å². The van der Waals surface area contributed by atoms with E-state index in [1.54, 1.807) is 25.1 Å². The largest absolute Gasteiger partial charge is 0.508 e. The van der Waals surface area contributed by atoms with E-state index in [1.807, 2.05) is 24.3 Å². The molecule has 2 N–H and O–H groups in total. The first-order chi connectivity index (χ1) is 15.3. The fraction of sp³-hybridized carbons (Fsp3) is 0.200. The Labute approximate surface area is 193 Å². The zero-order valence-electron chi connectivity index (χ0n) is 17.2. The zero-order valence-corrected chi connectivity index (χ0v) is 18.8. The highest BCUT2D eigenvalue weighted by molar-refractivity contribution is 9.10. The lowest BCUT2D eigenvalue weighted by Crippen LogP contribution is -2.41. The summed E-state index contributed by atoms with van der Waals surface area (Å²) in [6.07, 6.45) is -0.633. The monoisotopic (exact) mass is 496 g/mol. The van der Waals surface area contributed by atoms with Crippen molar-refractivity contribution in [3.63, 3.8) is 0 Å². The molecule has 6 nitrogen and oxygen atoms in total. The van der Waals surface area contributed by atoms with Crippen LogP contribution in [0.2, 0.25) is 0 Å². The maximum absolute atomic E-state index is 12.8. The number of fused-ring (bicyclic) bond motifs is 1. The van der Waals surface area contributed by atoms with Crippen molar-refractivity contribution in [3.05, 3.63) is 93.0 Å². The number of carbonyl (C=O) groups is 2. The highest BCUT2D eigenvalue weighted by atomic mass is 79.9. The summed E-state index contributed by atoms with van der Waals surface area (Å²) in [7, 11) is 0. The predicted molar refractivity (Wildman–Crippen MR) is 121 cm³/mol. The van der Waals surface area contributed by atoms with E-state index in [-0.39, 0.29) is 22.6 Å². The van der Waals surface area contributed by atoms with Crippen molar-refractivity contribution < 1.29 is 29.3 Å². The number of carbonyl (C=O) groups excluding carboxylic acids is 2. The maximum atomic E-state index is 12.8. The van der Waals surface area contributed by atoms with E-state index in [4.69, 9.17) is 9.47 Å². The minimum atomic E-state index is -0.708. The molecule has 0 saturated carbocycles. The number of hydrogen-bond donors (Lipinski definition) is 2. The van der Waals surface area contributed by atoms with Gasteiger partial charge in [-0.15, -0.1) is 0 Å². The van der Waals surface area contributed by atoms with E-state index < -0.39 is 24.1 Å². The Hall–Kier alpha value is -3.32. The van der Waals surface area contributed by atoms with Crippen molar-refractivity contribution in [1.29, 1.82) is 0 Å². The Morgan fingerprint density at radius 1 is 0.812 bits per heavy atom. The highest BCUT2D eigenvalue weighted by Crippen LogP contribution is 2.28. The van der Waals surface area contributed by atoms with Crippen LogP contribution >= 0.6 is 15.9 Å². The summed E-state index contributed by atoms with van der Waals surface area (Å²) in [5.74, 6) is -1.32. The molecule has 1 aliphatic rings. The van der Waals surface area contributed by atoms with Gasteiger partial charge in [0.25, 0.3) is 0 Å². The molecule has 32 heavy (non-hydrogen) atoms. The van der Waals surface area contributed by atoms with E-state index >= 15 is 0 Å². The molecule has 0 spiro atoms. The predicted octanol–water partition coefficient (Wildman–Crippen LogP) is 4.72. The van der Waals surface area contributed by atoms with Crippen LogP contribution in [0.15, 0.2) is 65.1 Å². The lowest BCUT2D eigenvalue weighted by molar-refractivity contribution is -0.0389. The van der Waals surface area contributed by atoms with Gasteiger partial charge in [-0.1, -0.05) is 40.2 Å². The average Bonchev–Trinajstić information content (AvgIpc) is 2.72. The number of phenolic OH excluding ortho intramolecular Hbond substituents is 2. The summed E-state index contributed by atoms with van der Waals surface area (Å²) in [6.45, 7) is 1.77. The van der Waals surface area contributed by atoms with Gasteiger partial charge in [0.05, 0.1) is 11.1 Å². The topological polar surface area (TPSA) is 93.1 Å². The second kappa shape index (κ2) is 9.04. The van der Waals surface area contributed by atoms with Crippen molar-refractivity contribution >= 4 is 27.9 Å². The van der Waals surface area contributed by atoms with Crippen molar-refractivity contribution in [2.75, 3.05) is 0 Å². The third-order valence-electron chi connectivity index (χ3n) is 5.31. The maximum Gasteiger partial charge on any atom is 0.338 e. The lowest BCUT2D eigenvalue weighted by Gasteiger charge is -2.32. The van der Waals surface area contributed by atoms with Crippen LogP contribution in [0.4, 0.5) is 0 Å². The molecule has 7 heteroatoms. The van der Waals surface area contributed by atoms with Crippen LogP contribution in [0.5, 0.6) is 11.5 Å². The third-order valence-corrected chi connectivity index (χ3v) is 5.77. The number of ether oxygens (including phenoxy) is 2. The van der Waals surface area contributed by atoms with E-state index in [0.29, 0.717) is 17.3 Å². The summed E-state index contributed by atoms with van der Waals surface area (Å²) in [5.41, 5.74) is 3.17. The second-order valence-corrected chi connectivity index (χ2v) is 8.74. The van der Waals surface area contributed by atoms with Crippen molar-refractivity contribution in [2.45, 2.75) is 32.0 Å². The Kier molecular flexibility index (Phi) is 6.19. The van der Waals surface area contributed by atoms with E-state index in [1.165, 1.54) is 18.2 Å². The molecule has 0 heterocycles. The van der Waals surface area contributed by atoms with Crippen LogP contribution in [0.3, 0.4) is 0 Å². The number of halogens is 1. The Balaban J connectivity index is 1.59. The fourth-order valence-electron chi connectivity index (χ4n) is 3.87. The zero-order chi connectivity index (χ0) is 22.8. The Bertz CT molecular complexity index is 1060. The second-order valence-electron chi connectivity index (χ2n) is 7.82. The Morgan fingerprint density at radius 2 is 1.31 bits per heavy atom. The number of esters is 2. The standard InChI is InChI=1S/C25H21BrO6/c1-14-6-17(9-20(27)7-14)24(29)31-22-11-15-4-2-3-5-16(15)12-23(22)32-25(30)18-8-19(26)13-21(28)10-18/h2-10,13,22-23,27-28H,11-12H2,1H3. The quantitative estimate of drug-likeness (QED) is 0.507. The molecule has 0 amide bonds. The van der Waals surface area contributed by atoms with Crippen molar-refractivity contribution in [2.24, 2.45) is 0 Å². The van der Waals surface area contributed by atoms with Gasteiger partial charge in [-0.3, -0.25) is 0 Å². The third kappa shape index (κ3) is 4.94. The number of hydrogen-bond acceptors (Lipinski definition) is 6.